The van der Waals surface area contributed by atoms with Gasteiger partial charge in [0.1, 0.15) is 5.54 Å². The van der Waals surface area contributed by atoms with Crippen molar-refractivity contribution < 1.29 is 14.1 Å². The van der Waals surface area contributed by atoms with Crippen molar-refractivity contribution in [2.75, 3.05) is 6.54 Å². The SMILES string of the molecule is Cc1nc(C2(NC(=O)CCNC(=O)C(C)(C)C)CCCC2)no1. The van der Waals surface area contributed by atoms with E-state index >= 15 is 0 Å². The molecule has 1 heterocycles. The monoisotopic (exact) mass is 322 g/mol. The van der Waals surface area contributed by atoms with Crippen LogP contribution in [0.1, 0.15) is 64.6 Å². The molecule has 1 aliphatic rings. The first-order valence-corrected chi connectivity index (χ1v) is 8.13. The summed E-state index contributed by atoms with van der Waals surface area (Å²) in [5.41, 5.74) is -0.978. The number of hydrogen-bond donors (Lipinski definition) is 2. The Balaban J connectivity index is 1.91. The van der Waals surface area contributed by atoms with Crippen LogP contribution in [-0.2, 0) is 15.1 Å². The molecular weight excluding hydrogens is 296 g/mol. The summed E-state index contributed by atoms with van der Waals surface area (Å²) in [6, 6.07) is 0. The molecule has 7 heteroatoms. The molecule has 2 amide bonds. The quantitative estimate of drug-likeness (QED) is 0.862. The van der Waals surface area contributed by atoms with Crippen molar-refractivity contribution in [2.24, 2.45) is 5.41 Å². The van der Waals surface area contributed by atoms with Crippen molar-refractivity contribution in [2.45, 2.75) is 65.3 Å². The van der Waals surface area contributed by atoms with Crippen molar-refractivity contribution in [3.63, 3.8) is 0 Å². The largest absolute Gasteiger partial charge is 0.355 e. The molecule has 0 radical (unpaired) electrons. The Hall–Kier alpha value is -1.92. The molecule has 2 N–H and O–H groups in total. The summed E-state index contributed by atoms with van der Waals surface area (Å²) in [6.45, 7) is 7.59. The molecule has 0 aromatic carbocycles. The average Bonchev–Trinajstić information content (AvgIpc) is 3.07. The Morgan fingerprint density at radius 2 is 1.91 bits per heavy atom. The van der Waals surface area contributed by atoms with Crippen molar-refractivity contribution in [1.82, 2.24) is 20.8 Å². The molecular formula is C16H26N4O3. The third-order valence-electron chi connectivity index (χ3n) is 4.11. The summed E-state index contributed by atoms with van der Waals surface area (Å²) in [5.74, 6) is 0.885. The minimum Gasteiger partial charge on any atom is -0.355 e. The third kappa shape index (κ3) is 4.30. The number of nitrogens with zero attached hydrogens (tertiary/aromatic N) is 2. The van der Waals surface area contributed by atoms with Crippen LogP contribution in [0.25, 0.3) is 0 Å². The Morgan fingerprint density at radius 3 is 2.43 bits per heavy atom. The van der Waals surface area contributed by atoms with Gasteiger partial charge in [-0.05, 0) is 12.8 Å². The molecule has 1 aromatic heterocycles. The van der Waals surface area contributed by atoms with Crippen molar-refractivity contribution in [3.8, 4) is 0 Å². The molecule has 0 unspecified atom stereocenters. The van der Waals surface area contributed by atoms with E-state index in [1.807, 2.05) is 20.8 Å². The molecule has 0 atom stereocenters. The van der Waals surface area contributed by atoms with Crippen LogP contribution in [0.5, 0.6) is 0 Å². The van der Waals surface area contributed by atoms with Crippen LogP contribution in [-0.4, -0.2) is 28.5 Å². The fraction of sp³-hybridized carbons (Fsp3) is 0.750. The van der Waals surface area contributed by atoms with Gasteiger partial charge in [0.05, 0.1) is 0 Å². The van der Waals surface area contributed by atoms with E-state index in [2.05, 4.69) is 20.8 Å². The van der Waals surface area contributed by atoms with E-state index in [0.717, 1.165) is 25.7 Å². The molecule has 1 aliphatic carbocycles. The Morgan fingerprint density at radius 1 is 1.26 bits per heavy atom. The predicted octanol–water partition coefficient (Wildman–Crippen LogP) is 1.82. The number of carbonyl (C=O) groups excluding carboxylic acids is 2. The highest BCUT2D eigenvalue weighted by Crippen LogP contribution is 2.37. The summed E-state index contributed by atoms with van der Waals surface area (Å²) >= 11 is 0. The lowest BCUT2D eigenvalue weighted by Crippen LogP contribution is -2.46. The normalized spacial score (nSPS) is 17.0. The van der Waals surface area contributed by atoms with Crippen molar-refractivity contribution in [3.05, 3.63) is 11.7 Å². The van der Waals surface area contributed by atoms with Gasteiger partial charge >= 0.3 is 0 Å². The number of nitrogens with one attached hydrogen (secondary N) is 2. The van der Waals surface area contributed by atoms with Gasteiger partial charge in [-0.15, -0.1) is 0 Å². The number of aryl methyl sites for hydroxylation is 1. The first-order valence-electron chi connectivity index (χ1n) is 8.13. The zero-order valence-electron chi connectivity index (χ0n) is 14.4. The van der Waals surface area contributed by atoms with E-state index in [1.165, 1.54) is 0 Å². The standard InChI is InChI=1S/C16H26N4O3/c1-11-18-13(20-23-11)16(8-5-6-9-16)19-12(21)7-10-17-14(22)15(2,3)4/h5-10H2,1-4H3,(H,17,22)(H,19,21). The minimum atomic E-state index is -0.525. The molecule has 1 aromatic rings. The maximum Gasteiger partial charge on any atom is 0.225 e. The third-order valence-corrected chi connectivity index (χ3v) is 4.11. The Kier molecular flexibility index (Phi) is 5.06. The van der Waals surface area contributed by atoms with Crippen LogP contribution < -0.4 is 10.6 Å². The van der Waals surface area contributed by atoms with Crippen LogP contribution >= 0.6 is 0 Å². The number of aromatic nitrogens is 2. The summed E-state index contributed by atoms with van der Waals surface area (Å²) < 4.78 is 5.06. The smallest absolute Gasteiger partial charge is 0.225 e. The highest BCUT2D eigenvalue weighted by Gasteiger charge is 2.41. The molecule has 0 bridgehead atoms. The highest BCUT2D eigenvalue weighted by molar-refractivity contribution is 5.82. The lowest BCUT2D eigenvalue weighted by atomic mass is 9.95. The number of carbonyl (C=O) groups is 2. The van der Waals surface area contributed by atoms with Gasteiger partial charge in [0.15, 0.2) is 5.82 Å². The predicted molar refractivity (Wildman–Crippen MR) is 84.4 cm³/mol. The average molecular weight is 322 g/mol. The molecule has 128 valence electrons. The lowest BCUT2D eigenvalue weighted by Gasteiger charge is -2.27. The zero-order chi connectivity index (χ0) is 17.1. The first kappa shape index (κ1) is 17.4. The molecule has 0 spiro atoms. The number of amides is 2. The second-order valence-corrected chi connectivity index (χ2v) is 7.23. The number of hydrogen-bond acceptors (Lipinski definition) is 5. The second kappa shape index (κ2) is 6.68. The lowest BCUT2D eigenvalue weighted by molar-refractivity contribution is -0.128. The van der Waals surface area contributed by atoms with Gasteiger partial charge < -0.3 is 15.2 Å². The fourth-order valence-electron chi connectivity index (χ4n) is 2.76. The zero-order valence-corrected chi connectivity index (χ0v) is 14.4. The van der Waals surface area contributed by atoms with Crippen molar-refractivity contribution >= 4 is 11.8 Å². The summed E-state index contributed by atoms with van der Waals surface area (Å²) in [4.78, 5) is 28.4. The van der Waals surface area contributed by atoms with E-state index < -0.39 is 11.0 Å². The van der Waals surface area contributed by atoms with Gasteiger partial charge in [0, 0.05) is 25.3 Å². The van der Waals surface area contributed by atoms with Crippen LogP contribution in [0.15, 0.2) is 4.52 Å². The molecule has 7 nitrogen and oxygen atoms in total. The van der Waals surface area contributed by atoms with Crippen LogP contribution in [0.4, 0.5) is 0 Å². The van der Waals surface area contributed by atoms with Gasteiger partial charge in [0.25, 0.3) is 0 Å². The van der Waals surface area contributed by atoms with Gasteiger partial charge in [-0.25, -0.2) is 0 Å². The summed E-state index contributed by atoms with van der Waals surface area (Å²) in [5, 5.41) is 9.84. The van der Waals surface area contributed by atoms with E-state index in [0.29, 0.717) is 18.3 Å². The van der Waals surface area contributed by atoms with Crippen molar-refractivity contribution in [1.29, 1.82) is 0 Å². The molecule has 2 rings (SSSR count). The Labute approximate surface area is 136 Å². The Bertz CT molecular complexity index is 568. The number of rotatable bonds is 5. The minimum absolute atomic E-state index is 0.0605. The van der Waals surface area contributed by atoms with Gasteiger partial charge in [0.2, 0.25) is 17.7 Å². The van der Waals surface area contributed by atoms with E-state index in [4.69, 9.17) is 4.52 Å². The van der Waals surface area contributed by atoms with Crippen LogP contribution in [0.3, 0.4) is 0 Å². The van der Waals surface area contributed by atoms with E-state index in [1.54, 1.807) is 6.92 Å². The molecule has 0 saturated heterocycles. The van der Waals surface area contributed by atoms with E-state index in [-0.39, 0.29) is 18.2 Å². The topological polar surface area (TPSA) is 97.1 Å². The highest BCUT2D eigenvalue weighted by atomic mass is 16.5. The molecule has 23 heavy (non-hydrogen) atoms. The first-order chi connectivity index (χ1) is 10.7. The van der Waals surface area contributed by atoms with Gasteiger partial charge in [-0.1, -0.05) is 38.8 Å². The molecule has 0 aliphatic heterocycles. The maximum absolute atomic E-state index is 12.3. The van der Waals surface area contributed by atoms with Gasteiger partial charge in [-0.3, -0.25) is 9.59 Å². The van der Waals surface area contributed by atoms with Crippen LogP contribution in [0.2, 0.25) is 0 Å². The summed E-state index contributed by atoms with van der Waals surface area (Å²) in [7, 11) is 0. The molecule has 1 saturated carbocycles. The summed E-state index contributed by atoms with van der Waals surface area (Å²) in [6.07, 6.45) is 3.90. The van der Waals surface area contributed by atoms with E-state index in [9.17, 15) is 9.59 Å². The van der Waals surface area contributed by atoms with Gasteiger partial charge in [-0.2, -0.15) is 4.98 Å². The molecule has 1 fully saturated rings. The maximum atomic E-state index is 12.3. The van der Waals surface area contributed by atoms with Crippen LogP contribution in [0, 0.1) is 12.3 Å². The fourth-order valence-corrected chi connectivity index (χ4v) is 2.76. The second-order valence-electron chi connectivity index (χ2n) is 7.23.